The van der Waals surface area contributed by atoms with Crippen molar-refractivity contribution in [3.63, 3.8) is 0 Å². The van der Waals surface area contributed by atoms with Crippen molar-refractivity contribution in [3.05, 3.63) is 0 Å². The van der Waals surface area contributed by atoms with Crippen molar-refractivity contribution < 1.29 is 117 Å². The van der Waals surface area contributed by atoms with Gasteiger partial charge in [0.15, 0.2) is 0 Å². The van der Waals surface area contributed by atoms with Crippen LogP contribution in [0.1, 0.15) is 84.0 Å². The van der Waals surface area contributed by atoms with Gasteiger partial charge in [0.25, 0.3) is 0 Å². The molecule has 3 nitrogen and oxygen atoms in total. The predicted molar refractivity (Wildman–Crippen MR) is 73.6 cm³/mol. The summed E-state index contributed by atoms with van der Waals surface area (Å²) in [6.45, 7) is 2.23. The molecule has 0 aliphatic heterocycles. The zero-order valence-electron chi connectivity index (χ0n) is 13.9. The van der Waals surface area contributed by atoms with Crippen LogP contribution in [0.4, 0.5) is 0 Å². The van der Waals surface area contributed by atoms with Gasteiger partial charge in [0.1, 0.15) is 0 Å². The van der Waals surface area contributed by atoms with Crippen LogP contribution >= 0.6 is 7.60 Å². The number of unbranched alkanes of at least 4 members (excludes halogenated alkanes) is 11. The standard InChI is InChI=1S/C14H31O3P.2K/c1-2-3-4-5-6-7-8-9-10-11-12-13-14-18(15,16)17;;/h2-14H2,1H3,(H2,15,16,17);;/q;2*+1/p-2. The van der Waals surface area contributed by atoms with Gasteiger partial charge in [-0.15, -0.1) is 0 Å². The van der Waals surface area contributed by atoms with E-state index >= 15 is 0 Å². The molecule has 0 spiro atoms. The van der Waals surface area contributed by atoms with E-state index in [9.17, 15) is 14.4 Å². The smallest absolute Gasteiger partial charge is 0.811 e. The normalized spacial score (nSPS) is 10.8. The summed E-state index contributed by atoms with van der Waals surface area (Å²) in [6.07, 6.45) is 14.2. The monoisotopic (exact) mass is 354 g/mol. The fourth-order valence-corrected chi connectivity index (χ4v) is 2.76. The summed E-state index contributed by atoms with van der Waals surface area (Å²) < 4.78 is 10.4. The second-order valence-corrected chi connectivity index (χ2v) is 6.89. The van der Waals surface area contributed by atoms with Gasteiger partial charge in [-0.1, -0.05) is 85.1 Å². The molecule has 6 heteroatoms. The Hall–Kier alpha value is 3.42. The summed E-state index contributed by atoms with van der Waals surface area (Å²) in [5.74, 6) is 0. The van der Waals surface area contributed by atoms with Crippen molar-refractivity contribution in [1.82, 2.24) is 0 Å². The first-order chi connectivity index (χ1) is 8.56. The quantitative estimate of drug-likeness (QED) is 0.211. The number of hydrogen-bond acceptors (Lipinski definition) is 3. The summed E-state index contributed by atoms with van der Waals surface area (Å²) in [6, 6.07) is 0. The topological polar surface area (TPSA) is 63.2 Å². The Bertz CT molecular complexity index is 222. The third kappa shape index (κ3) is 26.3. The van der Waals surface area contributed by atoms with Crippen LogP contribution in [0.15, 0.2) is 0 Å². The summed E-state index contributed by atoms with van der Waals surface area (Å²) in [7, 11) is -4.25. The molecule has 0 aromatic rings. The van der Waals surface area contributed by atoms with Crippen molar-refractivity contribution in [2.75, 3.05) is 6.16 Å². The minimum atomic E-state index is -4.25. The van der Waals surface area contributed by atoms with Crippen LogP contribution in [0, 0.1) is 0 Å². The fraction of sp³-hybridized carbons (Fsp3) is 1.00. The van der Waals surface area contributed by atoms with E-state index in [1.165, 1.54) is 57.8 Å². The van der Waals surface area contributed by atoms with Crippen LogP contribution in [0.3, 0.4) is 0 Å². The second kappa shape index (κ2) is 20.5. The van der Waals surface area contributed by atoms with E-state index in [2.05, 4.69) is 6.92 Å². The maximum absolute atomic E-state index is 10.4. The second-order valence-electron chi connectivity index (χ2n) is 5.22. The molecule has 110 valence electrons. The molecule has 0 fully saturated rings. The maximum atomic E-state index is 10.4. The molecular formula is C14H29K2O3P. The van der Waals surface area contributed by atoms with E-state index in [0.717, 1.165) is 12.8 Å². The molecule has 0 heterocycles. The van der Waals surface area contributed by atoms with E-state index in [1.54, 1.807) is 0 Å². The minimum Gasteiger partial charge on any atom is -0.811 e. The van der Waals surface area contributed by atoms with Crippen LogP contribution in [0.2, 0.25) is 0 Å². The molecule has 0 aromatic carbocycles. The van der Waals surface area contributed by atoms with Gasteiger partial charge in [0, 0.05) is 0 Å². The molecule has 0 atom stereocenters. The van der Waals surface area contributed by atoms with Crippen molar-refractivity contribution >= 4 is 7.60 Å². The molecule has 20 heavy (non-hydrogen) atoms. The number of hydrogen-bond donors (Lipinski definition) is 0. The van der Waals surface area contributed by atoms with Gasteiger partial charge in [-0.25, -0.2) is 0 Å². The van der Waals surface area contributed by atoms with E-state index in [4.69, 9.17) is 0 Å². The van der Waals surface area contributed by atoms with Gasteiger partial charge < -0.3 is 14.4 Å². The third-order valence-corrected chi connectivity index (χ3v) is 4.15. The molecule has 0 saturated heterocycles. The molecule has 0 rings (SSSR count). The van der Waals surface area contributed by atoms with Crippen molar-refractivity contribution in [2.45, 2.75) is 84.0 Å². The Morgan fingerprint density at radius 3 is 1.25 bits per heavy atom. The number of rotatable bonds is 13. The van der Waals surface area contributed by atoms with Gasteiger partial charge >= 0.3 is 103 Å². The molecule has 0 aliphatic rings. The molecule has 0 aromatic heterocycles. The van der Waals surface area contributed by atoms with Crippen LogP contribution in [0.25, 0.3) is 0 Å². The van der Waals surface area contributed by atoms with Gasteiger partial charge in [0.2, 0.25) is 0 Å². The van der Waals surface area contributed by atoms with E-state index < -0.39 is 7.60 Å². The molecule has 0 radical (unpaired) electrons. The first-order valence-corrected chi connectivity index (χ1v) is 9.30. The molecule has 0 unspecified atom stereocenters. The maximum Gasteiger partial charge on any atom is 1.00 e. The van der Waals surface area contributed by atoms with E-state index in [-0.39, 0.29) is 109 Å². The van der Waals surface area contributed by atoms with Crippen LogP contribution in [-0.2, 0) is 4.57 Å². The Kier molecular flexibility index (Phi) is 28.9. The summed E-state index contributed by atoms with van der Waals surface area (Å²) in [5.41, 5.74) is 0. The van der Waals surface area contributed by atoms with Gasteiger partial charge in [-0.05, 0) is 12.6 Å². The molecule has 0 bridgehead atoms. The zero-order chi connectivity index (χ0) is 13.7. The summed E-state index contributed by atoms with van der Waals surface area (Å²) in [4.78, 5) is 20.8. The Morgan fingerprint density at radius 2 is 0.950 bits per heavy atom. The van der Waals surface area contributed by atoms with Gasteiger partial charge in [0.05, 0.1) is 0 Å². The largest absolute Gasteiger partial charge is 1.00 e. The van der Waals surface area contributed by atoms with Gasteiger partial charge in [-0.2, -0.15) is 0 Å². The summed E-state index contributed by atoms with van der Waals surface area (Å²) >= 11 is 0. The first kappa shape index (κ1) is 28.2. The molecule has 0 saturated carbocycles. The van der Waals surface area contributed by atoms with E-state index in [0.29, 0.717) is 6.42 Å². The Balaban J connectivity index is -0.00000144. The predicted octanol–water partition coefficient (Wildman–Crippen LogP) is -2.39. The molecule has 0 aliphatic carbocycles. The molecular weight excluding hydrogens is 325 g/mol. The zero-order valence-corrected chi connectivity index (χ0v) is 21.0. The minimum absolute atomic E-state index is 0. The average molecular weight is 355 g/mol. The Labute approximate surface area is 210 Å². The van der Waals surface area contributed by atoms with Crippen LogP contribution in [-0.4, -0.2) is 6.16 Å². The third-order valence-electron chi connectivity index (χ3n) is 3.29. The first-order valence-electron chi connectivity index (χ1n) is 7.57. The Morgan fingerprint density at radius 1 is 0.650 bits per heavy atom. The van der Waals surface area contributed by atoms with Crippen molar-refractivity contribution in [1.29, 1.82) is 0 Å². The van der Waals surface area contributed by atoms with Crippen LogP contribution < -0.4 is 113 Å². The molecule has 0 amide bonds. The fourth-order valence-electron chi connectivity index (χ4n) is 2.15. The van der Waals surface area contributed by atoms with E-state index in [1.807, 2.05) is 0 Å². The SMILES string of the molecule is CCCCCCCCCCCCCCP(=O)([O-])[O-].[K+].[K+]. The average Bonchev–Trinajstić information content (AvgIpc) is 2.29. The summed E-state index contributed by atoms with van der Waals surface area (Å²) in [5, 5.41) is 0. The van der Waals surface area contributed by atoms with Gasteiger partial charge in [-0.3, -0.25) is 0 Å². The van der Waals surface area contributed by atoms with Crippen molar-refractivity contribution in [3.8, 4) is 0 Å². The van der Waals surface area contributed by atoms with Crippen LogP contribution in [0.5, 0.6) is 0 Å². The van der Waals surface area contributed by atoms with Crippen molar-refractivity contribution in [2.24, 2.45) is 0 Å². The molecule has 0 N–H and O–H groups in total.